The number of nitrogens with one attached hydrogen (secondary N) is 1. The number of rotatable bonds is 8. The zero-order valence-corrected chi connectivity index (χ0v) is 11.9. The van der Waals surface area contributed by atoms with Crippen molar-refractivity contribution >= 4 is 5.91 Å². The third kappa shape index (κ3) is 5.20. The zero-order chi connectivity index (χ0) is 14.1. The third-order valence-electron chi connectivity index (χ3n) is 2.82. The Morgan fingerprint density at radius 2 is 1.95 bits per heavy atom. The molecule has 1 rings (SSSR count). The van der Waals surface area contributed by atoms with Gasteiger partial charge in [-0.25, -0.2) is 0 Å². The molecule has 0 radical (unpaired) electrons. The average Bonchev–Trinajstić information content (AvgIpc) is 2.44. The molecule has 0 aliphatic rings. The Kier molecular flexibility index (Phi) is 6.79. The summed E-state index contributed by atoms with van der Waals surface area (Å²) < 4.78 is 10.8. The second-order valence-electron chi connectivity index (χ2n) is 4.41. The minimum Gasteiger partial charge on any atom is -0.493 e. The summed E-state index contributed by atoms with van der Waals surface area (Å²) in [4.78, 5) is 11.8. The fourth-order valence-electron chi connectivity index (χ4n) is 1.69. The van der Waals surface area contributed by atoms with Crippen LogP contribution in [0.1, 0.15) is 33.1 Å². The number of para-hydroxylation sites is 2. The van der Waals surface area contributed by atoms with E-state index in [9.17, 15) is 4.79 Å². The highest BCUT2D eigenvalue weighted by atomic mass is 16.5. The van der Waals surface area contributed by atoms with Crippen LogP contribution in [0.2, 0.25) is 0 Å². The topological polar surface area (TPSA) is 47.6 Å². The van der Waals surface area contributed by atoms with Gasteiger partial charge in [-0.15, -0.1) is 0 Å². The molecule has 0 unspecified atom stereocenters. The van der Waals surface area contributed by atoms with Crippen LogP contribution in [0.3, 0.4) is 0 Å². The molecule has 0 saturated heterocycles. The van der Waals surface area contributed by atoms with E-state index in [1.165, 1.54) is 0 Å². The van der Waals surface area contributed by atoms with Crippen LogP contribution in [0.5, 0.6) is 11.5 Å². The summed E-state index contributed by atoms with van der Waals surface area (Å²) in [5, 5.41) is 2.87. The fraction of sp³-hybridized carbons (Fsp3) is 0.533. The van der Waals surface area contributed by atoms with E-state index in [1.807, 2.05) is 12.1 Å². The van der Waals surface area contributed by atoms with Gasteiger partial charge in [0, 0.05) is 6.54 Å². The number of unbranched alkanes of at least 4 members (excludes halogenated alkanes) is 2. The van der Waals surface area contributed by atoms with Gasteiger partial charge in [-0.1, -0.05) is 31.9 Å². The van der Waals surface area contributed by atoms with E-state index >= 15 is 0 Å². The number of methoxy groups -OCH3 is 1. The predicted molar refractivity (Wildman–Crippen MR) is 75.6 cm³/mol. The summed E-state index contributed by atoms with van der Waals surface area (Å²) in [7, 11) is 1.58. The lowest BCUT2D eigenvalue weighted by molar-refractivity contribution is -0.127. The van der Waals surface area contributed by atoms with Gasteiger partial charge in [0.25, 0.3) is 5.91 Å². The van der Waals surface area contributed by atoms with Crippen molar-refractivity contribution in [3.63, 3.8) is 0 Å². The van der Waals surface area contributed by atoms with Crippen molar-refractivity contribution in [1.82, 2.24) is 5.32 Å². The number of amides is 1. The first kappa shape index (κ1) is 15.3. The summed E-state index contributed by atoms with van der Waals surface area (Å²) in [6.07, 6.45) is 2.74. The van der Waals surface area contributed by atoms with Crippen LogP contribution in [-0.4, -0.2) is 25.7 Å². The molecule has 1 N–H and O–H groups in total. The maximum absolute atomic E-state index is 11.8. The van der Waals surface area contributed by atoms with Gasteiger partial charge >= 0.3 is 0 Å². The second-order valence-corrected chi connectivity index (χ2v) is 4.41. The number of ether oxygens (including phenoxy) is 2. The molecule has 0 spiro atoms. The molecular formula is C15H23NO3. The van der Waals surface area contributed by atoms with Gasteiger partial charge in [0.05, 0.1) is 7.11 Å². The van der Waals surface area contributed by atoms with Gasteiger partial charge in [-0.05, 0) is 25.5 Å². The van der Waals surface area contributed by atoms with Gasteiger partial charge in [-0.2, -0.15) is 0 Å². The first-order valence-electron chi connectivity index (χ1n) is 6.76. The molecule has 0 heterocycles. The van der Waals surface area contributed by atoms with Crippen LogP contribution in [0.4, 0.5) is 0 Å². The molecule has 0 fully saturated rings. The van der Waals surface area contributed by atoms with Gasteiger partial charge in [0.2, 0.25) is 0 Å². The van der Waals surface area contributed by atoms with E-state index in [0.717, 1.165) is 19.3 Å². The average molecular weight is 265 g/mol. The molecule has 0 saturated carbocycles. The van der Waals surface area contributed by atoms with Crippen LogP contribution < -0.4 is 14.8 Å². The number of carbonyl (C=O) groups is 1. The minimum absolute atomic E-state index is 0.0954. The molecule has 19 heavy (non-hydrogen) atoms. The summed E-state index contributed by atoms with van der Waals surface area (Å²) in [5.74, 6) is 1.12. The van der Waals surface area contributed by atoms with Crippen molar-refractivity contribution in [2.75, 3.05) is 13.7 Å². The van der Waals surface area contributed by atoms with Crippen molar-refractivity contribution in [1.29, 1.82) is 0 Å². The first-order chi connectivity index (χ1) is 9.19. The number of hydrogen-bond donors (Lipinski definition) is 1. The van der Waals surface area contributed by atoms with Crippen LogP contribution >= 0.6 is 0 Å². The summed E-state index contributed by atoms with van der Waals surface area (Å²) in [6.45, 7) is 4.57. The molecule has 4 nitrogen and oxygen atoms in total. The van der Waals surface area contributed by atoms with Gasteiger partial charge in [0.1, 0.15) is 0 Å². The molecule has 1 amide bonds. The molecular weight excluding hydrogens is 242 g/mol. The van der Waals surface area contributed by atoms with Crippen molar-refractivity contribution in [2.45, 2.75) is 39.2 Å². The Labute approximate surface area is 115 Å². The van der Waals surface area contributed by atoms with E-state index in [-0.39, 0.29) is 5.91 Å². The molecule has 1 aromatic carbocycles. The van der Waals surface area contributed by atoms with Crippen molar-refractivity contribution in [3.05, 3.63) is 24.3 Å². The lowest BCUT2D eigenvalue weighted by Crippen LogP contribution is -2.36. The maximum Gasteiger partial charge on any atom is 0.260 e. The second kappa shape index (κ2) is 8.40. The SMILES string of the molecule is CCCCCNC(=O)[C@H](C)Oc1ccccc1OC. The Balaban J connectivity index is 2.45. The maximum atomic E-state index is 11.8. The standard InChI is InChI=1S/C15H23NO3/c1-4-5-8-11-16-15(17)12(2)19-14-10-7-6-9-13(14)18-3/h6-7,9-10,12H,4-5,8,11H2,1-3H3,(H,16,17)/t12-/m0/s1. The molecule has 1 atom stereocenters. The molecule has 0 aliphatic carbocycles. The van der Waals surface area contributed by atoms with E-state index in [2.05, 4.69) is 12.2 Å². The monoisotopic (exact) mass is 265 g/mol. The molecule has 0 bridgehead atoms. The molecule has 0 aromatic heterocycles. The van der Waals surface area contributed by atoms with Crippen LogP contribution in [0.15, 0.2) is 24.3 Å². The lowest BCUT2D eigenvalue weighted by Gasteiger charge is -2.16. The fourth-order valence-corrected chi connectivity index (χ4v) is 1.69. The Bertz CT molecular complexity index is 393. The van der Waals surface area contributed by atoms with Crippen molar-refractivity contribution < 1.29 is 14.3 Å². The summed E-state index contributed by atoms with van der Waals surface area (Å²) in [6, 6.07) is 7.31. The number of carbonyl (C=O) groups excluding carboxylic acids is 1. The Morgan fingerprint density at radius 3 is 2.58 bits per heavy atom. The van der Waals surface area contributed by atoms with E-state index in [4.69, 9.17) is 9.47 Å². The molecule has 4 heteroatoms. The van der Waals surface area contributed by atoms with E-state index in [1.54, 1.807) is 26.2 Å². The zero-order valence-electron chi connectivity index (χ0n) is 11.9. The quantitative estimate of drug-likeness (QED) is 0.735. The summed E-state index contributed by atoms with van der Waals surface area (Å²) >= 11 is 0. The molecule has 1 aromatic rings. The minimum atomic E-state index is -0.530. The third-order valence-corrected chi connectivity index (χ3v) is 2.82. The van der Waals surface area contributed by atoms with Crippen molar-refractivity contribution in [3.8, 4) is 11.5 Å². The molecule has 106 valence electrons. The number of hydrogen-bond acceptors (Lipinski definition) is 3. The summed E-state index contributed by atoms with van der Waals surface area (Å²) in [5.41, 5.74) is 0. The smallest absolute Gasteiger partial charge is 0.260 e. The lowest BCUT2D eigenvalue weighted by atomic mass is 10.2. The van der Waals surface area contributed by atoms with Crippen molar-refractivity contribution in [2.24, 2.45) is 0 Å². The normalized spacial score (nSPS) is 11.7. The van der Waals surface area contributed by atoms with Crippen LogP contribution in [-0.2, 0) is 4.79 Å². The Morgan fingerprint density at radius 1 is 1.26 bits per heavy atom. The van der Waals surface area contributed by atoms with E-state index < -0.39 is 6.10 Å². The number of benzene rings is 1. The van der Waals surface area contributed by atoms with Crippen LogP contribution in [0, 0.1) is 0 Å². The highest BCUT2D eigenvalue weighted by Gasteiger charge is 2.15. The largest absolute Gasteiger partial charge is 0.493 e. The first-order valence-corrected chi connectivity index (χ1v) is 6.76. The van der Waals surface area contributed by atoms with E-state index in [0.29, 0.717) is 18.0 Å². The van der Waals surface area contributed by atoms with Gasteiger partial charge in [0.15, 0.2) is 17.6 Å². The highest BCUT2D eigenvalue weighted by Crippen LogP contribution is 2.26. The Hall–Kier alpha value is -1.71. The van der Waals surface area contributed by atoms with Crippen LogP contribution in [0.25, 0.3) is 0 Å². The highest BCUT2D eigenvalue weighted by molar-refractivity contribution is 5.80. The predicted octanol–water partition coefficient (Wildman–Crippen LogP) is 2.77. The van der Waals surface area contributed by atoms with Gasteiger partial charge in [-0.3, -0.25) is 4.79 Å². The van der Waals surface area contributed by atoms with Gasteiger partial charge < -0.3 is 14.8 Å². The molecule has 0 aliphatic heterocycles.